The van der Waals surface area contributed by atoms with Gasteiger partial charge in [-0.1, -0.05) is 12.1 Å². The van der Waals surface area contributed by atoms with Gasteiger partial charge in [0.15, 0.2) is 0 Å². The molecule has 0 aliphatic carbocycles. The molecule has 1 aromatic rings. The van der Waals surface area contributed by atoms with Crippen LogP contribution >= 0.6 is 0 Å². The maximum Gasteiger partial charge on any atom is 0.308 e. The molecule has 1 saturated heterocycles. The molecule has 1 fully saturated rings. The Bertz CT molecular complexity index is 483. The monoisotopic (exact) mass is 263 g/mol. The van der Waals surface area contributed by atoms with E-state index in [9.17, 15) is 14.7 Å². The smallest absolute Gasteiger partial charge is 0.308 e. The SMILES string of the molecule is COc1ccc([C@@H]2[C@@H](C(=O)O)CCC(=O)N2C)cc1. The molecular weight excluding hydrogens is 246 g/mol. The summed E-state index contributed by atoms with van der Waals surface area (Å²) in [6.45, 7) is 0. The van der Waals surface area contributed by atoms with Gasteiger partial charge in [-0.15, -0.1) is 0 Å². The Morgan fingerprint density at radius 3 is 2.53 bits per heavy atom. The van der Waals surface area contributed by atoms with E-state index < -0.39 is 17.9 Å². The number of carboxylic acid groups (broad SMARTS) is 1. The molecule has 102 valence electrons. The molecule has 0 unspecified atom stereocenters. The fourth-order valence-corrected chi connectivity index (χ4v) is 2.55. The summed E-state index contributed by atoms with van der Waals surface area (Å²) in [7, 11) is 3.23. The Hall–Kier alpha value is -2.04. The third-order valence-electron chi connectivity index (χ3n) is 3.64. The van der Waals surface area contributed by atoms with Crippen LogP contribution in [0.2, 0.25) is 0 Å². The average Bonchev–Trinajstić information content (AvgIpc) is 2.41. The van der Waals surface area contributed by atoms with Crippen molar-refractivity contribution >= 4 is 11.9 Å². The normalized spacial score (nSPS) is 23.3. The van der Waals surface area contributed by atoms with Crippen LogP contribution in [-0.4, -0.2) is 36.0 Å². The number of hydrogen-bond acceptors (Lipinski definition) is 3. The summed E-state index contributed by atoms with van der Waals surface area (Å²) in [6, 6.07) is 6.77. The zero-order chi connectivity index (χ0) is 14.0. The van der Waals surface area contributed by atoms with Crippen molar-refractivity contribution in [2.45, 2.75) is 18.9 Å². The van der Waals surface area contributed by atoms with Crippen LogP contribution in [0.3, 0.4) is 0 Å². The van der Waals surface area contributed by atoms with E-state index in [1.54, 1.807) is 26.3 Å². The number of carbonyl (C=O) groups excluding carboxylic acids is 1. The molecule has 1 aliphatic rings. The second-order valence-corrected chi connectivity index (χ2v) is 4.71. The lowest BCUT2D eigenvalue weighted by atomic mass is 9.84. The number of amides is 1. The topological polar surface area (TPSA) is 66.8 Å². The summed E-state index contributed by atoms with van der Waals surface area (Å²) >= 11 is 0. The molecule has 2 rings (SSSR count). The van der Waals surface area contributed by atoms with Crippen LogP contribution in [0, 0.1) is 5.92 Å². The maximum absolute atomic E-state index is 11.8. The molecule has 19 heavy (non-hydrogen) atoms. The summed E-state index contributed by atoms with van der Waals surface area (Å²) in [5, 5.41) is 9.31. The average molecular weight is 263 g/mol. The number of methoxy groups -OCH3 is 1. The molecule has 5 heteroatoms. The first-order valence-electron chi connectivity index (χ1n) is 6.17. The number of hydrogen-bond donors (Lipinski definition) is 1. The molecule has 0 spiro atoms. The second kappa shape index (κ2) is 5.30. The fourth-order valence-electron chi connectivity index (χ4n) is 2.55. The molecular formula is C14H17NO4. The highest BCUT2D eigenvalue weighted by atomic mass is 16.5. The fraction of sp³-hybridized carbons (Fsp3) is 0.429. The van der Waals surface area contributed by atoms with E-state index in [1.165, 1.54) is 4.90 Å². The minimum absolute atomic E-state index is 0.0154. The Balaban J connectivity index is 2.34. The highest BCUT2D eigenvalue weighted by Crippen LogP contribution is 2.36. The Labute approximate surface area is 111 Å². The molecule has 5 nitrogen and oxygen atoms in total. The number of nitrogens with zero attached hydrogens (tertiary/aromatic N) is 1. The van der Waals surface area contributed by atoms with Crippen molar-refractivity contribution in [3.8, 4) is 5.75 Å². The van der Waals surface area contributed by atoms with E-state index in [0.29, 0.717) is 18.6 Å². The van der Waals surface area contributed by atoms with Gasteiger partial charge in [-0.3, -0.25) is 9.59 Å². The number of likely N-dealkylation sites (tertiary alicyclic amines) is 1. The zero-order valence-corrected chi connectivity index (χ0v) is 11.0. The number of piperidine rings is 1. The predicted octanol–water partition coefficient (Wildman–Crippen LogP) is 1.69. The van der Waals surface area contributed by atoms with Crippen molar-refractivity contribution in [2.24, 2.45) is 5.92 Å². The van der Waals surface area contributed by atoms with Gasteiger partial charge >= 0.3 is 5.97 Å². The standard InChI is InChI=1S/C14H17NO4/c1-15-12(16)8-7-11(14(17)18)13(15)9-3-5-10(19-2)6-4-9/h3-6,11,13H,7-8H2,1-2H3,(H,17,18)/t11-,13+/m0/s1. The third-order valence-corrected chi connectivity index (χ3v) is 3.64. The summed E-state index contributed by atoms with van der Waals surface area (Å²) < 4.78 is 5.08. The largest absolute Gasteiger partial charge is 0.497 e. The van der Waals surface area contributed by atoms with Crippen LogP contribution in [0.5, 0.6) is 5.75 Å². The lowest BCUT2D eigenvalue weighted by Gasteiger charge is -2.37. The first-order chi connectivity index (χ1) is 9.04. The van der Waals surface area contributed by atoms with Crippen molar-refractivity contribution in [1.82, 2.24) is 4.90 Å². The number of rotatable bonds is 3. The van der Waals surface area contributed by atoms with Crippen molar-refractivity contribution in [3.63, 3.8) is 0 Å². The molecule has 0 aromatic heterocycles. The Kier molecular flexibility index (Phi) is 3.74. The number of carboxylic acids is 1. The molecule has 0 saturated carbocycles. The van der Waals surface area contributed by atoms with E-state index in [1.807, 2.05) is 12.1 Å². The van der Waals surface area contributed by atoms with Gasteiger partial charge in [-0.2, -0.15) is 0 Å². The van der Waals surface area contributed by atoms with E-state index in [2.05, 4.69) is 0 Å². The molecule has 0 radical (unpaired) electrons. The molecule has 1 amide bonds. The van der Waals surface area contributed by atoms with Gasteiger partial charge in [-0.25, -0.2) is 0 Å². The Morgan fingerprint density at radius 2 is 2.00 bits per heavy atom. The molecule has 2 atom stereocenters. The van der Waals surface area contributed by atoms with Gasteiger partial charge in [0, 0.05) is 13.5 Å². The van der Waals surface area contributed by atoms with Crippen LogP contribution in [0.15, 0.2) is 24.3 Å². The zero-order valence-electron chi connectivity index (χ0n) is 11.0. The van der Waals surface area contributed by atoms with Crippen molar-refractivity contribution in [2.75, 3.05) is 14.2 Å². The molecule has 1 aromatic carbocycles. The number of benzene rings is 1. The first kappa shape index (κ1) is 13.4. The second-order valence-electron chi connectivity index (χ2n) is 4.71. The van der Waals surface area contributed by atoms with Crippen molar-refractivity contribution in [3.05, 3.63) is 29.8 Å². The van der Waals surface area contributed by atoms with Gasteiger partial charge in [0.25, 0.3) is 0 Å². The van der Waals surface area contributed by atoms with E-state index >= 15 is 0 Å². The predicted molar refractivity (Wildman–Crippen MR) is 68.9 cm³/mol. The van der Waals surface area contributed by atoms with E-state index in [0.717, 1.165) is 5.56 Å². The van der Waals surface area contributed by atoms with Crippen LogP contribution in [0.25, 0.3) is 0 Å². The highest BCUT2D eigenvalue weighted by Gasteiger charge is 2.38. The quantitative estimate of drug-likeness (QED) is 0.901. The van der Waals surface area contributed by atoms with Gasteiger partial charge in [-0.05, 0) is 24.1 Å². The summed E-state index contributed by atoms with van der Waals surface area (Å²) in [5.41, 5.74) is 0.823. The van der Waals surface area contributed by atoms with Crippen molar-refractivity contribution in [1.29, 1.82) is 0 Å². The van der Waals surface area contributed by atoms with E-state index in [4.69, 9.17) is 4.74 Å². The number of carbonyl (C=O) groups is 2. The number of aliphatic carboxylic acids is 1. The van der Waals surface area contributed by atoms with Crippen LogP contribution < -0.4 is 4.74 Å². The molecule has 1 aliphatic heterocycles. The first-order valence-corrected chi connectivity index (χ1v) is 6.17. The van der Waals surface area contributed by atoms with Gasteiger partial charge < -0.3 is 14.7 Å². The summed E-state index contributed by atoms with van der Waals surface area (Å²) in [4.78, 5) is 24.7. The van der Waals surface area contributed by atoms with Crippen LogP contribution in [0.1, 0.15) is 24.4 Å². The summed E-state index contributed by atoms with van der Waals surface area (Å²) in [5.74, 6) is -0.727. The van der Waals surface area contributed by atoms with Gasteiger partial charge in [0.05, 0.1) is 19.1 Å². The summed E-state index contributed by atoms with van der Waals surface area (Å²) in [6.07, 6.45) is 0.676. The minimum atomic E-state index is -0.861. The van der Waals surface area contributed by atoms with Crippen molar-refractivity contribution < 1.29 is 19.4 Å². The lowest BCUT2D eigenvalue weighted by Crippen LogP contribution is -2.42. The lowest BCUT2D eigenvalue weighted by molar-refractivity contribution is -0.150. The minimum Gasteiger partial charge on any atom is -0.497 e. The van der Waals surface area contributed by atoms with Gasteiger partial charge in [0.1, 0.15) is 5.75 Å². The third kappa shape index (κ3) is 2.54. The van der Waals surface area contributed by atoms with Crippen LogP contribution in [0.4, 0.5) is 0 Å². The molecule has 1 heterocycles. The Morgan fingerprint density at radius 1 is 1.37 bits per heavy atom. The van der Waals surface area contributed by atoms with Gasteiger partial charge in [0.2, 0.25) is 5.91 Å². The van der Waals surface area contributed by atoms with Crippen LogP contribution in [-0.2, 0) is 9.59 Å². The molecule has 0 bridgehead atoms. The maximum atomic E-state index is 11.8. The van der Waals surface area contributed by atoms with E-state index in [-0.39, 0.29) is 5.91 Å². The highest BCUT2D eigenvalue weighted by molar-refractivity contribution is 5.81. The molecule has 1 N–H and O–H groups in total. The number of ether oxygens (including phenoxy) is 1.